The summed E-state index contributed by atoms with van der Waals surface area (Å²) >= 11 is 12.0. The molecule has 0 N–H and O–H groups in total. The first-order valence-electron chi connectivity index (χ1n) is 7.97. The van der Waals surface area contributed by atoms with Crippen LogP contribution in [0.3, 0.4) is 0 Å². The molecule has 0 spiro atoms. The average Bonchev–Trinajstić information content (AvgIpc) is 2.63. The van der Waals surface area contributed by atoms with Crippen LogP contribution in [0.1, 0.15) is 11.7 Å². The van der Waals surface area contributed by atoms with Gasteiger partial charge in [0.1, 0.15) is 11.0 Å². The Morgan fingerprint density at radius 3 is 2.56 bits per heavy atom. The van der Waals surface area contributed by atoms with Crippen molar-refractivity contribution in [2.45, 2.75) is 11.0 Å². The summed E-state index contributed by atoms with van der Waals surface area (Å²) < 4.78 is 29.7. The van der Waals surface area contributed by atoms with Crippen LogP contribution in [0.5, 0.6) is 0 Å². The molecule has 1 aliphatic heterocycles. The third kappa shape index (κ3) is 4.35. The summed E-state index contributed by atoms with van der Waals surface area (Å²) in [4.78, 5) is 12.1. The van der Waals surface area contributed by atoms with Crippen molar-refractivity contribution in [1.82, 2.24) is 0 Å². The zero-order valence-corrected chi connectivity index (χ0v) is 16.6. The summed E-state index contributed by atoms with van der Waals surface area (Å²) in [5.74, 6) is 0. The average molecular weight is 431 g/mol. The number of ether oxygens (including phenoxy) is 1. The molecule has 144 valence electrons. The fraction of sp³-hybridized carbons (Fsp3) is 0.294. The molecule has 27 heavy (non-hydrogen) atoms. The van der Waals surface area contributed by atoms with Gasteiger partial charge in [0.2, 0.25) is 0 Å². The Hall–Kier alpha value is -1.87. The fourth-order valence-electron chi connectivity index (χ4n) is 2.95. The highest BCUT2D eigenvalue weighted by atomic mass is 35.5. The van der Waals surface area contributed by atoms with E-state index in [0.717, 1.165) is 11.8 Å². The van der Waals surface area contributed by atoms with Gasteiger partial charge in [-0.2, -0.15) is 0 Å². The van der Waals surface area contributed by atoms with Gasteiger partial charge in [-0.15, -0.1) is 0 Å². The lowest BCUT2D eigenvalue weighted by molar-refractivity contribution is -0.387. The van der Waals surface area contributed by atoms with E-state index in [1.165, 1.54) is 12.1 Å². The number of hydrogen-bond acceptors (Lipinski definition) is 6. The van der Waals surface area contributed by atoms with Gasteiger partial charge in [-0.3, -0.25) is 10.1 Å². The lowest BCUT2D eigenvalue weighted by atomic mass is 10.1. The molecule has 0 aliphatic carbocycles. The summed E-state index contributed by atoms with van der Waals surface area (Å²) in [6.07, 6.45) is 0.669. The number of halogens is 2. The summed E-state index contributed by atoms with van der Waals surface area (Å²) in [6, 6.07) is 9.34. The molecule has 0 aromatic heterocycles. The van der Waals surface area contributed by atoms with Crippen LogP contribution in [0, 0.1) is 10.1 Å². The van der Waals surface area contributed by atoms with E-state index in [1.807, 2.05) is 11.0 Å². The Balaban J connectivity index is 1.92. The zero-order chi connectivity index (χ0) is 19.8. The second-order valence-electron chi connectivity index (χ2n) is 6.16. The molecular weight excluding hydrogens is 415 g/mol. The van der Waals surface area contributed by atoms with Crippen molar-refractivity contribution in [3.05, 3.63) is 62.1 Å². The van der Waals surface area contributed by atoms with Crippen molar-refractivity contribution < 1.29 is 18.1 Å². The normalized spacial score (nSPS) is 17.7. The number of benzene rings is 2. The van der Waals surface area contributed by atoms with E-state index >= 15 is 0 Å². The van der Waals surface area contributed by atoms with Crippen LogP contribution in [0.4, 0.5) is 11.4 Å². The Labute approximate surface area is 166 Å². The number of nitrogens with zero attached hydrogens (tertiary/aromatic N) is 2. The van der Waals surface area contributed by atoms with E-state index < -0.39 is 20.4 Å². The molecule has 0 bridgehead atoms. The minimum Gasteiger partial charge on any atom is -0.370 e. The second kappa shape index (κ2) is 7.63. The highest BCUT2D eigenvalue weighted by Crippen LogP contribution is 2.33. The van der Waals surface area contributed by atoms with E-state index in [0.29, 0.717) is 35.4 Å². The number of hydrogen-bond donors (Lipinski definition) is 0. The van der Waals surface area contributed by atoms with E-state index in [4.69, 9.17) is 27.9 Å². The van der Waals surface area contributed by atoms with Gasteiger partial charge in [0.25, 0.3) is 5.69 Å². The quantitative estimate of drug-likeness (QED) is 0.539. The first kappa shape index (κ1) is 19.9. The fourth-order valence-corrected chi connectivity index (χ4v) is 4.11. The van der Waals surface area contributed by atoms with Gasteiger partial charge in [0, 0.05) is 31.1 Å². The highest BCUT2D eigenvalue weighted by Gasteiger charge is 2.27. The summed E-state index contributed by atoms with van der Waals surface area (Å²) in [7, 11) is -3.75. The van der Waals surface area contributed by atoms with E-state index in [1.54, 1.807) is 18.2 Å². The summed E-state index contributed by atoms with van der Waals surface area (Å²) in [5.41, 5.74) is 0.990. The monoisotopic (exact) mass is 430 g/mol. The predicted octanol–water partition coefficient (Wildman–Crippen LogP) is 3.88. The number of rotatable bonds is 4. The van der Waals surface area contributed by atoms with Gasteiger partial charge in [-0.1, -0.05) is 29.3 Å². The van der Waals surface area contributed by atoms with E-state index in [9.17, 15) is 18.5 Å². The smallest absolute Gasteiger partial charge is 0.288 e. The zero-order valence-electron chi connectivity index (χ0n) is 14.3. The molecule has 0 saturated carbocycles. The molecule has 10 heteroatoms. The number of sulfone groups is 1. The molecule has 2 aromatic carbocycles. The van der Waals surface area contributed by atoms with Crippen molar-refractivity contribution >= 4 is 44.4 Å². The standard InChI is InChI=1S/C17H16Cl2N2O5S/c1-27(24,25)17-9-12(3-5-15(17)21(22)23)20-6-7-26-16(10-20)11-2-4-13(18)14(19)8-11/h2-5,8-9,16H,6-7,10H2,1H3. The van der Waals surface area contributed by atoms with Gasteiger partial charge < -0.3 is 9.64 Å². The summed E-state index contributed by atoms with van der Waals surface area (Å²) in [5, 5.41) is 12.0. The van der Waals surface area contributed by atoms with E-state index in [-0.39, 0.29) is 11.0 Å². The van der Waals surface area contributed by atoms with Crippen molar-refractivity contribution in [1.29, 1.82) is 0 Å². The highest BCUT2D eigenvalue weighted by molar-refractivity contribution is 7.90. The van der Waals surface area contributed by atoms with Crippen molar-refractivity contribution in [2.75, 3.05) is 30.9 Å². The first-order valence-corrected chi connectivity index (χ1v) is 10.6. The predicted molar refractivity (Wildman–Crippen MR) is 104 cm³/mol. The minimum absolute atomic E-state index is 0.287. The Kier molecular flexibility index (Phi) is 5.62. The van der Waals surface area contributed by atoms with Crippen LogP contribution >= 0.6 is 23.2 Å². The molecule has 7 nitrogen and oxygen atoms in total. The van der Waals surface area contributed by atoms with Gasteiger partial charge in [-0.25, -0.2) is 8.42 Å². The molecule has 1 saturated heterocycles. The maximum atomic E-state index is 12.0. The molecular formula is C17H16Cl2N2O5S. The van der Waals surface area contributed by atoms with Crippen molar-refractivity contribution in [3.8, 4) is 0 Å². The topological polar surface area (TPSA) is 89.8 Å². The molecule has 1 aliphatic rings. The van der Waals surface area contributed by atoms with Crippen LogP contribution in [0.2, 0.25) is 10.0 Å². The van der Waals surface area contributed by atoms with E-state index in [2.05, 4.69) is 0 Å². The molecule has 0 amide bonds. The summed E-state index contributed by atoms with van der Waals surface area (Å²) in [6.45, 7) is 1.38. The number of anilines is 1. The number of morpholine rings is 1. The third-order valence-corrected chi connectivity index (χ3v) is 6.15. The van der Waals surface area contributed by atoms with Gasteiger partial charge in [0.15, 0.2) is 9.84 Å². The maximum Gasteiger partial charge on any atom is 0.288 e. The number of nitro groups is 1. The van der Waals surface area contributed by atoms with Crippen LogP contribution in [-0.2, 0) is 14.6 Å². The molecule has 2 aromatic rings. The first-order chi connectivity index (χ1) is 12.7. The Morgan fingerprint density at radius 1 is 1.19 bits per heavy atom. The van der Waals surface area contributed by atoms with Crippen molar-refractivity contribution in [2.24, 2.45) is 0 Å². The Morgan fingerprint density at radius 2 is 1.93 bits per heavy atom. The second-order valence-corrected chi connectivity index (χ2v) is 8.96. The van der Waals surface area contributed by atoms with Gasteiger partial charge in [-0.05, 0) is 29.8 Å². The maximum absolute atomic E-state index is 12.0. The molecule has 1 atom stereocenters. The molecule has 3 rings (SSSR count). The third-order valence-electron chi connectivity index (χ3n) is 4.29. The minimum atomic E-state index is -3.75. The Bertz CT molecular complexity index is 997. The van der Waals surface area contributed by atoms with Crippen LogP contribution < -0.4 is 4.90 Å². The number of nitro benzene ring substituents is 1. The van der Waals surface area contributed by atoms with Crippen LogP contribution in [-0.4, -0.2) is 39.3 Å². The largest absolute Gasteiger partial charge is 0.370 e. The molecule has 1 fully saturated rings. The van der Waals surface area contributed by atoms with Crippen molar-refractivity contribution in [3.63, 3.8) is 0 Å². The lowest BCUT2D eigenvalue weighted by Crippen LogP contribution is -2.38. The van der Waals surface area contributed by atoms with Crippen LogP contribution in [0.15, 0.2) is 41.3 Å². The molecule has 1 heterocycles. The molecule has 1 unspecified atom stereocenters. The van der Waals surface area contributed by atoms with Crippen LogP contribution in [0.25, 0.3) is 0 Å². The van der Waals surface area contributed by atoms with Gasteiger partial charge in [0.05, 0.1) is 21.6 Å². The SMILES string of the molecule is CS(=O)(=O)c1cc(N2CCOC(c3ccc(Cl)c(Cl)c3)C2)ccc1[N+](=O)[O-]. The lowest BCUT2D eigenvalue weighted by Gasteiger charge is -2.35. The van der Waals surface area contributed by atoms with Gasteiger partial charge >= 0.3 is 0 Å². The molecule has 0 radical (unpaired) electrons.